The van der Waals surface area contributed by atoms with E-state index in [9.17, 15) is 0 Å². The van der Waals surface area contributed by atoms with Crippen molar-refractivity contribution in [3.05, 3.63) is 0 Å². The molecule has 1 atom stereocenters. The van der Waals surface area contributed by atoms with Crippen molar-refractivity contribution in [1.29, 1.82) is 5.41 Å². The van der Waals surface area contributed by atoms with Crippen LogP contribution in [0.5, 0.6) is 0 Å². The highest BCUT2D eigenvalue weighted by Gasteiger charge is 2.06. The lowest BCUT2D eigenvalue weighted by Gasteiger charge is -2.17. The fraction of sp³-hybridized carbons (Fsp3) is 0.875. The van der Waals surface area contributed by atoms with Gasteiger partial charge in [0, 0.05) is 0 Å². The fourth-order valence-electron chi connectivity index (χ4n) is 0.899. The van der Waals surface area contributed by atoms with Crippen molar-refractivity contribution in [2.45, 2.75) is 32.4 Å². The Kier molecular flexibility index (Phi) is 10.3. The molecule has 0 heterocycles. The summed E-state index contributed by atoms with van der Waals surface area (Å²) >= 11 is 0. The van der Waals surface area contributed by atoms with E-state index in [2.05, 4.69) is 17.9 Å². The van der Waals surface area contributed by atoms with E-state index in [-0.39, 0.29) is 18.6 Å². The quantitative estimate of drug-likeness (QED) is 0.666. The number of hydrogen-bond acceptors (Lipinski definition) is 3. The predicted octanol–water partition coefficient (Wildman–Crippen LogP) is 2.24. The van der Waals surface area contributed by atoms with Crippen LogP contribution in [0.25, 0.3) is 0 Å². The second-order valence-electron chi connectivity index (χ2n) is 2.83. The molecule has 0 spiro atoms. The predicted molar refractivity (Wildman–Crippen MR) is 54.4 cm³/mol. The van der Waals surface area contributed by atoms with Crippen LogP contribution in [0, 0.1) is 5.41 Å². The molecule has 4 heteroatoms. The monoisotopic (exact) mass is 191 g/mol. The Bertz CT molecular complexity index is 141. The van der Waals surface area contributed by atoms with E-state index < -0.39 is 0 Å². The molecule has 0 saturated carbocycles. The molecule has 3 nitrogen and oxygen atoms in total. The molecule has 0 aromatic heterocycles. The summed E-state index contributed by atoms with van der Waals surface area (Å²) in [7, 11) is 3.95. The smallest absolute Gasteiger partial charge is 0.112 e. The van der Waals surface area contributed by atoms with E-state index in [4.69, 9.17) is 5.41 Å². The topological polar surface area (TPSA) is 39.5 Å². The van der Waals surface area contributed by atoms with Crippen LogP contribution >= 0.6 is 12.4 Å². The maximum atomic E-state index is 6.72. The lowest BCUT2D eigenvalue weighted by Crippen LogP contribution is -2.25. The van der Waals surface area contributed by atoms with Crippen LogP contribution < -0.4 is 0 Å². The van der Waals surface area contributed by atoms with Gasteiger partial charge in [-0.2, -0.15) is 0 Å². The van der Waals surface area contributed by atoms with Gasteiger partial charge in [0.25, 0.3) is 0 Å². The molecule has 0 saturated heterocycles. The third kappa shape index (κ3) is 6.35. The van der Waals surface area contributed by atoms with Gasteiger partial charge in [0.1, 0.15) is 6.17 Å². The number of nitrogens with one attached hydrogen (secondary N) is 1. The van der Waals surface area contributed by atoms with Crippen molar-refractivity contribution in [1.82, 2.24) is 4.90 Å². The molecule has 0 bridgehead atoms. The number of unbranched alkanes of at least 4 members (excludes halogenated alkanes) is 1. The van der Waals surface area contributed by atoms with Crippen molar-refractivity contribution in [2.75, 3.05) is 14.1 Å². The van der Waals surface area contributed by atoms with E-state index in [1.807, 2.05) is 19.0 Å². The van der Waals surface area contributed by atoms with Crippen LogP contribution in [0.3, 0.4) is 0 Å². The summed E-state index contributed by atoms with van der Waals surface area (Å²) in [6.45, 7) is 2.15. The molecule has 0 fully saturated rings. The summed E-state index contributed by atoms with van der Waals surface area (Å²) in [5, 5.41) is 6.72. The van der Waals surface area contributed by atoms with Crippen LogP contribution in [-0.2, 0) is 0 Å². The van der Waals surface area contributed by atoms with Gasteiger partial charge in [0.2, 0.25) is 0 Å². The molecule has 1 unspecified atom stereocenters. The van der Waals surface area contributed by atoms with Gasteiger partial charge in [-0.1, -0.05) is 19.8 Å². The second kappa shape index (κ2) is 8.72. The number of rotatable bonds is 5. The summed E-state index contributed by atoms with van der Waals surface area (Å²) in [6, 6.07) is 2.09. The molecular weight excluding hydrogens is 174 g/mol. The molecule has 0 rings (SSSR count). The van der Waals surface area contributed by atoms with Crippen molar-refractivity contribution >= 4 is 18.4 Å². The fourth-order valence-corrected chi connectivity index (χ4v) is 0.899. The molecule has 0 aliphatic rings. The average Bonchev–Trinajstić information content (AvgIpc) is 1.97. The van der Waals surface area contributed by atoms with Crippen molar-refractivity contribution < 1.29 is 0 Å². The third-order valence-corrected chi connectivity index (χ3v) is 1.63. The summed E-state index contributed by atoms with van der Waals surface area (Å²) in [6.07, 6.45) is 3.51. The minimum absolute atomic E-state index is 0. The largest absolute Gasteiger partial charge is 0.287 e. The van der Waals surface area contributed by atoms with Gasteiger partial charge in [0.05, 0.1) is 6.01 Å². The van der Waals surface area contributed by atoms with E-state index >= 15 is 0 Å². The number of hydrogen-bond donors (Lipinski definition) is 1. The second-order valence-corrected chi connectivity index (χ2v) is 2.83. The lowest BCUT2D eigenvalue weighted by molar-refractivity contribution is 0.283. The lowest BCUT2D eigenvalue weighted by atomic mass is 10.2. The van der Waals surface area contributed by atoms with Gasteiger partial charge >= 0.3 is 0 Å². The first kappa shape index (κ1) is 14.2. The normalized spacial score (nSPS) is 11.7. The van der Waals surface area contributed by atoms with Crippen LogP contribution in [0.4, 0.5) is 0 Å². The Labute approximate surface area is 80.8 Å². The van der Waals surface area contributed by atoms with Crippen LogP contribution in [0.2, 0.25) is 0 Å². The van der Waals surface area contributed by atoms with Crippen LogP contribution in [-0.4, -0.2) is 31.2 Å². The minimum atomic E-state index is 0. The van der Waals surface area contributed by atoms with Crippen LogP contribution in [0.15, 0.2) is 4.99 Å². The van der Waals surface area contributed by atoms with Gasteiger partial charge in [-0.15, -0.1) is 12.4 Å². The Morgan fingerprint density at radius 2 is 2.08 bits per heavy atom. The van der Waals surface area contributed by atoms with Gasteiger partial charge in [-0.05, 0) is 20.5 Å². The molecule has 0 radical (unpaired) electrons. The Balaban J connectivity index is 0. The van der Waals surface area contributed by atoms with E-state index in [1.54, 1.807) is 0 Å². The number of aliphatic imine (C=N–C) groups is 1. The molecule has 0 amide bonds. The molecular formula is C8H18ClN3. The summed E-state index contributed by atoms with van der Waals surface area (Å²) in [5.41, 5.74) is 0. The van der Waals surface area contributed by atoms with Crippen molar-refractivity contribution in [3.8, 4) is 0 Å². The van der Waals surface area contributed by atoms with Crippen molar-refractivity contribution in [2.24, 2.45) is 4.99 Å². The Hall–Kier alpha value is -0.370. The first-order valence-electron chi connectivity index (χ1n) is 4.00. The first-order chi connectivity index (χ1) is 5.22. The average molecular weight is 192 g/mol. The van der Waals surface area contributed by atoms with E-state index in [0.29, 0.717) is 0 Å². The number of nitrogens with zero attached hydrogens (tertiary/aromatic N) is 2. The molecule has 0 aromatic carbocycles. The van der Waals surface area contributed by atoms with Crippen molar-refractivity contribution in [3.63, 3.8) is 0 Å². The molecule has 0 aliphatic carbocycles. The van der Waals surface area contributed by atoms with Gasteiger partial charge in [0.15, 0.2) is 0 Å². The molecule has 0 aromatic rings. The van der Waals surface area contributed by atoms with E-state index in [0.717, 1.165) is 12.8 Å². The number of halogens is 1. The summed E-state index contributed by atoms with van der Waals surface area (Å²) < 4.78 is 0. The minimum Gasteiger partial charge on any atom is -0.287 e. The zero-order chi connectivity index (χ0) is 8.69. The van der Waals surface area contributed by atoms with E-state index in [1.165, 1.54) is 6.42 Å². The zero-order valence-corrected chi connectivity index (χ0v) is 8.82. The maximum Gasteiger partial charge on any atom is 0.112 e. The molecule has 12 heavy (non-hydrogen) atoms. The summed E-state index contributed by atoms with van der Waals surface area (Å²) in [5.74, 6) is 0. The Morgan fingerprint density at radius 3 is 2.42 bits per heavy atom. The maximum absolute atomic E-state index is 6.72. The zero-order valence-electron chi connectivity index (χ0n) is 8.00. The summed E-state index contributed by atoms with van der Waals surface area (Å²) in [4.78, 5) is 5.91. The SMILES string of the molecule is CCCCC(N=C=N)N(C)C.Cl. The molecule has 0 aliphatic heterocycles. The molecule has 72 valence electrons. The third-order valence-electron chi connectivity index (χ3n) is 1.63. The highest BCUT2D eigenvalue weighted by Crippen LogP contribution is 2.05. The van der Waals surface area contributed by atoms with Gasteiger partial charge < -0.3 is 0 Å². The Morgan fingerprint density at radius 1 is 1.50 bits per heavy atom. The van der Waals surface area contributed by atoms with Crippen LogP contribution in [0.1, 0.15) is 26.2 Å². The standard InChI is InChI=1S/C8H17N3.ClH/c1-4-5-6-8(10-7-9)11(2)3;/h8-9H,4-6H2,1-3H3;1H. The van der Waals surface area contributed by atoms with Gasteiger partial charge in [-0.3, -0.25) is 4.90 Å². The molecule has 1 N–H and O–H groups in total. The van der Waals surface area contributed by atoms with Gasteiger partial charge in [-0.25, -0.2) is 10.4 Å². The highest BCUT2D eigenvalue weighted by atomic mass is 35.5. The highest BCUT2D eigenvalue weighted by molar-refractivity contribution is 5.85. The first-order valence-corrected chi connectivity index (χ1v) is 4.00.